The van der Waals surface area contributed by atoms with Gasteiger partial charge in [-0.3, -0.25) is 0 Å². The number of nitrogens with one attached hydrogen (secondary N) is 1. The van der Waals surface area contributed by atoms with Crippen molar-refractivity contribution in [3.05, 3.63) is 63.9 Å². The van der Waals surface area contributed by atoms with Gasteiger partial charge in [-0.25, -0.2) is 4.39 Å². The molecule has 2 aromatic carbocycles. The van der Waals surface area contributed by atoms with E-state index in [0.29, 0.717) is 11.0 Å². The summed E-state index contributed by atoms with van der Waals surface area (Å²) in [6.07, 6.45) is 2.26. The SMILES string of the molecule is CCCc1ccc(NCc2cccc(F)c2Br)cc1. The van der Waals surface area contributed by atoms with Gasteiger partial charge in [0.05, 0.1) is 4.47 Å². The Morgan fingerprint density at radius 2 is 1.84 bits per heavy atom. The van der Waals surface area contributed by atoms with Crippen LogP contribution < -0.4 is 5.32 Å². The van der Waals surface area contributed by atoms with Gasteiger partial charge in [0.2, 0.25) is 0 Å². The molecule has 1 N–H and O–H groups in total. The standard InChI is InChI=1S/C16H17BrFN/c1-2-4-12-7-9-14(10-8-12)19-11-13-5-3-6-15(18)16(13)17/h3,5-10,19H,2,4,11H2,1H3. The molecule has 0 amide bonds. The topological polar surface area (TPSA) is 12.0 Å². The normalized spacial score (nSPS) is 10.5. The van der Waals surface area contributed by atoms with E-state index in [-0.39, 0.29) is 5.82 Å². The molecule has 0 spiro atoms. The van der Waals surface area contributed by atoms with Crippen molar-refractivity contribution in [1.82, 2.24) is 0 Å². The van der Waals surface area contributed by atoms with Crippen molar-refractivity contribution in [3.63, 3.8) is 0 Å². The van der Waals surface area contributed by atoms with E-state index in [0.717, 1.165) is 24.1 Å². The molecular formula is C16H17BrFN. The summed E-state index contributed by atoms with van der Waals surface area (Å²) in [6.45, 7) is 2.78. The summed E-state index contributed by atoms with van der Waals surface area (Å²) in [5.41, 5.74) is 3.31. The lowest BCUT2D eigenvalue weighted by atomic mass is 10.1. The van der Waals surface area contributed by atoms with Gasteiger partial charge in [0.1, 0.15) is 5.82 Å². The molecule has 0 aliphatic rings. The van der Waals surface area contributed by atoms with E-state index in [9.17, 15) is 4.39 Å². The number of hydrogen-bond acceptors (Lipinski definition) is 1. The van der Waals surface area contributed by atoms with Crippen LogP contribution in [0.4, 0.5) is 10.1 Å². The molecule has 0 bridgehead atoms. The zero-order chi connectivity index (χ0) is 13.7. The summed E-state index contributed by atoms with van der Waals surface area (Å²) in [4.78, 5) is 0. The highest BCUT2D eigenvalue weighted by Gasteiger charge is 2.04. The molecule has 0 heterocycles. The highest BCUT2D eigenvalue weighted by atomic mass is 79.9. The van der Waals surface area contributed by atoms with E-state index in [1.807, 2.05) is 6.07 Å². The Kier molecular flexibility index (Phi) is 4.97. The maximum atomic E-state index is 13.4. The van der Waals surface area contributed by atoms with Crippen molar-refractivity contribution >= 4 is 21.6 Å². The number of rotatable bonds is 5. The lowest BCUT2D eigenvalue weighted by Crippen LogP contribution is -2.01. The second kappa shape index (κ2) is 6.71. The van der Waals surface area contributed by atoms with E-state index in [2.05, 4.69) is 52.4 Å². The molecule has 0 unspecified atom stereocenters. The average Bonchev–Trinajstić information content (AvgIpc) is 2.42. The molecular weight excluding hydrogens is 305 g/mol. The third-order valence-electron chi connectivity index (χ3n) is 3.01. The second-order valence-corrected chi connectivity index (χ2v) is 5.31. The minimum Gasteiger partial charge on any atom is -0.381 e. The van der Waals surface area contributed by atoms with Gasteiger partial charge in [-0.05, 0) is 51.7 Å². The Hall–Kier alpha value is -1.35. The molecule has 2 aromatic rings. The first-order valence-corrected chi connectivity index (χ1v) is 7.25. The van der Waals surface area contributed by atoms with Crippen LogP contribution in [0.15, 0.2) is 46.9 Å². The van der Waals surface area contributed by atoms with Crippen molar-refractivity contribution < 1.29 is 4.39 Å². The molecule has 0 aliphatic heterocycles. The van der Waals surface area contributed by atoms with Crippen molar-refractivity contribution in [2.45, 2.75) is 26.3 Å². The van der Waals surface area contributed by atoms with Crippen LogP contribution >= 0.6 is 15.9 Å². The van der Waals surface area contributed by atoms with Gasteiger partial charge in [-0.15, -0.1) is 0 Å². The molecule has 19 heavy (non-hydrogen) atoms. The molecule has 0 fully saturated rings. The van der Waals surface area contributed by atoms with E-state index in [1.165, 1.54) is 11.6 Å². The molecule has 0 aliphatic carbocycles. The fraction of sp³-hybridized carbons (Fsp3) is 0.250. The lowest BCUT2D eigenvalue weighted by molar-refractivity contribution is 0.618. The van der Waals surface area contributed by atoms with E-state index < -0.39 is 0 Å². The lowest BCUT2D eigenvalue weighted by Gasteiger charge is -2.09. The highest BCUT2D eigenvalue weighted by Crippen LogP contribution is 2.21. The van der Waals surface area contributed by atoms with Crippen LogP contribution in [0.25, 0.3) is 0 Å². The third kappa shape index (κ3) is 3.80. The summed E-state index contributed by atoms with van der Waals surface area (Å²) < 4.78 is 13.9. The first kappa shape index (κ1) is 14.1. The zero-order valence-corrected chi connectivity index (χ0v) is 12.5. The van der Waals surface area contributed by atoms with Crippen LogP contribution in [0.5, 0.6) is 0 Å². The maximum absolute atomic E-state index is 13.4. The molecule has 3 heteroatoms. The fourth-order valence-electron chi connectivity index (χ4n) is 1.96. The van der Waals surface area contributed by atoms with Gasteiger partial charge in [-0.1, -0.05) is 37.6 Å². The summed E-state index contributed by atoms with van der Waals surface area (Å²) in [5, 5.41) is 3.30. The quantitative estimate of drug-likeness (QED) is 0.802. The van der Waals surface area contributed by atoms with Crippen LogP contribution in [-0.2, 0) is 13.0 Å². The van der Waals surface area contributed by atoms with Gasteiger partial charge in [0, 0.05) is 12.2 Å². The third-order valence-corrected chi connectivity index (χ3v) is 3.90. The monoisotopic (exact) mass is 321 g/mol. The number of aryl methyl sites for hydroxylation is 1. The van der Waals surface area contributed by atoms with Crippen molar-refractivity contribution in [3.8, 4) is 0 Å². The predicted octanol–water partition coefficient (Wildman–Crippen LogP) is 5.15. The highest BCUT2D eigenvalue weighted by molar-refractivity contribution is 9.10. The van der Waals surface area contributed by atoms with Crippen LogP contribution in [-0.4, -0.2) is 0 Å². The van der Waals surface area contributed by atoms with Gasteiger partial charge < -0.3 is 5.32 Å². The smallest absolute Gasteiger partial charge is 0.137 e. The number of halogens is 2. The molecule has 0 atom stereocenters. The zero-order valence-electron chi connectivity index (χ0n) is 10.9. The Bertz CT molecular complexity index is 537. The van der Waals surface area contributed by atoms with E-state index in [1.54, 1.807) is 6.07 Å². The van der Waals surface area contributed by atoms with Gasteiger partial charge >= 0.3 is 0 Å². The molecule has 100 valence electrons. The van der Waals surface area contributed by atoms with Gasteiger partial charge in [0.15, 0.2) is 0 Å². The Labute approximate surface area is 122 Å². The number of anilines is 1. The summed E-state index contributed by atoms with van der Waals surface area (Å²) in [5.74, 6) is -0.224. The first-order valence-electron chi connectivity index (χ1n) is 6.46. The summed E-state index contributed by atoms with van der Waals surface area (Å²) in [6, 6.07) is 13.5. The molecule has 0 aromatic heterocycles. The molecule has 0 saturated carbocycles. The van der Waals surface area contributed by atoms with Gasteiger partial charge in [0.25, 0.3) is 0 Å². The Morgan fingerprint density at radius 3 is 2.53 bits per heavy atom. The van der Waals surface area contributed by atoms with Crippen molar-refractivity contribution in [1.29, 1.82) is 0 Å². The van der Waals surface area contributed by atoms with Crippen LogP contribution in [0.2, 0.25) is 0 Å². The van der Waals surface area contributed by atoms with Crippen molar-refractivity contribution in [2.24, 2.45) is 0 Å². The largest absolute Gasteiger partial charge is 0.381 e. The van der Waals surface area contributed by atoms with Crippen LogP contribution in [0.3, 0.4) is 0 Å². The van der Waals surface area contributed by atoms with Crippen molar-refractivity contribution in [2.75, 3.05) is 5.32 Å². The van der Waals surface area contributed by atoms with E-state index in [4.69, 9.17) is 0 Å². The van der Waals surface area contributed by atoms with Crippen LogP contribution in [0.1, 0.15) is 24.5 Å². The van der Waals surface area contributed by atoms with Gasteiger partial charge in [-0.2, -0.15) is 0 Å². The molecule has 1 nitrogen and oxygen atoms in total. The fourth-order valence-corrected chi connectivity index (χ4v) is 2.36. The van der Waals surface area contributed by atoms with Crippen LogP contribution in [0, 0.1) is 5.82 Å². The Balaban J connectivity index is 2.00. The minimum atomic E-state index is -0.224. The summed E-state index contributed by atoms with van der Waals surface area (Å²) in [7, 11) is 0. The number of benzene rings is 2. The molecule has 2 rings (SSSR count). The Morgan fingerprint density at radius 1 is 1.11 bits per heavy atom. The van der Waals surface area contributed by atoms with E-state index >= 15 is 0 Å². The maximum Gasteiger partial charge on any atom is 0.137 e. The summed E-state index contributed by atoms with van der Waals surface area (Å²) >= 11 is 3.27. The first-order chi connectivity index (χ1) is 9.20. The molecule has 0 radical (unpaired) electrons. The average molecular weight is 322 g/mol. The number of hydrogen-bond donors (Lipinski definition) is 1. The predicted molar refractivity (Wildman–Crippen MR) is 81.9 cm³/mol. The minimum absolute atomic E-state index is 0.224. The molecule has 0 saturated heterocycles. The second-order valence-electron chi connectivity index (χ2n) is 4.51.